The van der Waals surface area contributed by atoms with Crippen molar-refractivity contribution in [3.05, 3.63) is 40.7 Å². The molecule has 4 rings (SSSR count). The van der Waals surface area contributed by atoms with Crippen molar-refractivity contribution in [2.75, 3.05) is 26.0 Å². The highest BCUT2D eigenvalue weighted by molar-refractivity contribution is 7.20. The number of carbonyl (C=O) groups is 1. The van der Waals surface area contributed by atoms with Crippen LogP contribution in [0.3, 0.4) is 0 Å². The number of thiophene rings is 1. The first kappa shape index (κ1) is 23.3. The topological polar surface area (TPSA) is 80.2 Å². The van der Waals surface area contributed by atoms with Gasteiger partial charge in [-0.2, -0.15) is 0 Å². The second-order valence-electron chi connectivity index (χ2n) is 8.51. The Morgan fingerprint density at radius 2 is 2.06 bits per heavy atom. The van der Waals surface area contributed by atoms with E-state index in [0.29, 0.717) is 42.5 Å². The molecule has 0 atom stereocenters. The molecule has 0 saturated heterocycles. The van der Waals surface area contributed by atoms with Gasteiger partial charge in [0.25, 0.3) is 5.91 Å². The Kier molecular flexibility index (Phi) is 6.73. The predicted octanol–water partition coefficient (Wildman–Crippen LogP) is 4.91. The van der Waals surface area contributed by atoms with Gasteiger partial charge in [-0.3, -0.25) is 4.79 Å². The van der Waals surface area contributed by atoms with Crippen LogP contribution in [-0.4, -0.2) is 52.4 Å². The average molecular weight is 476 g/mol. The number of methoxy groups -OCH3 is 1. The largest absolute Gasteiger partial charge is 0.481 e. The van der Waals surface area contributed by atoms with Crippen LogP contribution in [0, 0.1) is 12.8 Å². The number of aryl methyl sites for hydroxylation is 1. The third-order valence-electron chi connectivity index (χ3n) is 6.09. The molecular weight excluding hydrogens is 448 g/mol. The van der Waals surface area contributed by atoms with E-state index < -0.39 is 5.92 Å². The molecule has 176 valence electrons. The van der Waals surface area contributed by atoms with Crippen LogP contribution in [0.4, 0.5) is 14.6 Å². The van der Waals surface area contributed by atoms with Crippen molar-refractivity contribution in [1.82, 2.24) is 19.9 Å². The van der Waals surface area contributed by atoms with Crippen LogP contribution in [-0.2, 0) is 6.54 Å². The fourth-order valence-electron chi connectivity index (χ4n) is 4.13. The monoisotopic (exact) mass is 475 g/mol. The minimum absolute atomic E-state index is 0.0651. The molecule has 0 radical (unpaired) electrons. The Labute approximate surface area is 195 Å². The number of amides is 1. The van der Waals surface area contributed by atoms with E-state index in [9.17, 15) is 13.6 Å². The van der Waals surface area contributed by atoms with Crippen molar-refractivity contribution in [1.29, 1.82) is 0 Å². The molecule has 1 saturated carbocycles. The standard InChI is InChI=1S/C23H27F2N5O2S/c1-14-18-20(27-11-15-4-7-23(24,25)8-5-15)28-13-29-21(18)33-19(14)22(31)30(2)12-16-6-9-26-17(10-16)32-3/h6,9-10,13,15H,4-5,7-8,11-12H2,1-3H3,(H,27,28,29). The first-order valence-corrected chi connectivity index (χ1v) is 11.7. The van der Waals surface area contributed by atoms with Gasteiger partial charge in [-0.1, -0.05) is 0 Å². The van der Waals surface area contributed by atoms with Gasteiger partial charge in [0, 0.05) is 45.2 Å². The van der Waals surface area contributed by atoms with Crippen LogP contribution < -0.4 is 10.1 Å². The molecule has 0 bridgehead atoms. The van der Waals surface area contributed by atoms with Crippen LogP contribution in [0.1, 0.15) is 46.5 Å². The van der Waals surface area contributed by atoms with Crippen molar-refractivity contribution in [3.63, 3.8) is 0 Å². The molecule has 1 amide bonds. The Bertz CT molecular complexity index is 1140. The van der Waals surface area contributed by atoms with Crippen molar-refractivity contribution >= 4 is 33.3 Å². The lowest BCUT2D eigenvalue weighted by atomic mass is 9.87. The Balaban J connectivity index is 1.49. The summed E-state index contributed by atoms with van der Waals surface area (Å²) in [6.07, 6.45) is 3.97. The average Bonchev–Trinajstić information content (AvgIpc) is 3.15. The molecular formula is C23H27F2N5O2S. The van der Waals surface area contributed by atoms with Gasteiger partial charge in [-0.05, 0) is 42.9 Å². The molecule has 1 aliphatic carbocycles. The Morgan fingerprint density at radius 3 is 2.79 bits per heavy atom. The van der Waals surface area contributed by atoms with E-state index in [4.69, 9.17) is 4.74 Å². The molecule has 1 fully saturated rings. The van der Waals surface area contributed by atoms with E-state index in [1.807, 2.05) is 13.0 Å². The summed E-state index contributed by atoms with van der Waals surface area (Å²) in [5.41, 5.74) is 1.73. The maximum Gasteiger partial charge on any atom is 0.264 e. The predicted molar refractivity (Wildman–Crippen MR) is 124 cm³/mol. The fraction of sp³-hybridized carbons (Fsp3) is 0.478. The summed E-state index contributed by atoms with van der Waals surface area (Å²) in [7, 11) is 3.31. The lowest BCUT2D eigenvalue weighted by molar-refractivity contribution is -0.0443. The molecule has 1 aliphatic rings. The minimum Gasteiger partial charge on any atom is -0.481 e. The molecule has 0 unspecified atom stereocenters. The normalized spacial score (nSPS) is 16.0. The molecule has 0 aliphatic heterocycles. The fourth-order valence-corrected chi connectivity index (χ4v) is 5.28. The SMILES string of the molecule is COc1cc(CN(C)C(=O)c2sc3ncnc(NCC4CCC(F)(F)CC4)c3c2C)ccn1. The molecule has 0 spiro atoms. The molecule has 10 heteroatoms. The molecule has 33 heavy (non-hydrogen) atoms. The van der Waals surface area contributed by atoms with Gasteiger partial charge in [-0.25, -0.2) is 23.7 Å². The van der Waals surface area contributed by atoms with E-state index in [1.54, 1.807) is 31.3 Å². The summed E-state index contributed by atoms with van der Waals surface area (Å²) in [6.45, 7) is 2.88. The third-order valence-corrected chi connectivity index (χ3v) is 7.28. The van der Waals surface area contributed by atoms with Gasteiger partial charge in [0.2, 0.25) is 11.8 Å². The number of alkyl halides is 2. The quantitative estimate of drug-likeness (QED) is 0.523. The number of carbonyl (C=O) groups excluding carboxylic acids is 1. The zero-order chi connectivity index (χ0) is 23.6. The van der Waals surface area contributed by atoms with Crippen molar-refractivity contribution in [2.24, 2.45) is 5.92 Å². The van der Waals surface area contributed by atoms with Gasteiger partial charge < -0.3 is 15.0 Å². The number of fused-ring (bicyclic) bond motifs is 1. The highest BCUT2D eigenvalue weighted by atomic mass is 32.1. The summed E-state index contributed by atoms with van der Waals surface area (Å²) in [4.78, 5) is 29.0. The maximum atomic E-state index is 13.4. The second kappa shape index (κ2) is 9.54. The summed E-state index contributed by atoms with van der Waals surface area (Å²) < 4.78 is 32.0. The van der Waals surface area contributed by atoms with Crippen LogP contribution in [0.25, 0.3) is 10.2 Å². The zero-order valence-electron chi connectivity index (χ0n) is 18.9. The van der Waals surface area contributed by atoms with Gasteiger partial charge in [-0.15, -0.1) is 11.3 Å². The molecule has 3 heterocycles. The van der Waals surface area contributed by atoms with E-state index in [-0.39, 0.29) is 24.7 Å². The number of hydrogen-bond donors (Lipinski definition) is 1. The van der Waals surface area contributed by atoms with Crippen LogP contribution >= 0.6 is 11.3 Å². The van der Waals surface area contributed by atoms with Crippen LogP contribution in [0.5, 0.6) is 5.88 Å². The molecule has 1 N–H and O–H groups in total. The number of hydrogen-bond acceptors (Lipinski definition) is 7. The number of aromatic nitrogens is 3. The van der Waals surface area contributed by atoms with Crippen molar-refractivity contribution in [2.45, 2.75) is 45.1 Å². The maximum absolute atomic E-state index is 13.4. The molecule has 7 nitrogen and oxygen atoms in total. The number of pyridine rings is 1. The number of anilines is 1. The zero-order valence-corrected chi connectivity index (χ0v) is 19.7. The van der Waals surface area contributed by atoms with E-state index in [1.165, 1.54) is 17.7 Å². The molecule has 0 aromatic carbocycles. The van der Waals surface area contributed by atoms with E-state index in [2.05, 4.69) is 20.3 Å². The smallest absolute Gasteiger partial charge is 0.264 e. The number of nitrogens with one attached hydrogen (secondary N) is 1. The van der Waals surface area contributed by atoms with Gasteiger partial charge >= 0.3 is 0 Å². The van der Waals surface area contributed by atoms with Crippen molar-refractivity contribution in [3.8, 4) is 5.88 Å². The summed E-state index contributed by atoms with van der Waals surface area (Å²) in [5.74, 6) is -1.32. The summed E-state index contributed by atoms with van der Waals surface area (Å²) in [6, 6.07) is 3.65. The van der Waals surface area contributed by atoms with Crippen LogP contribution in [0.15, 0.2) is 24.7 Å². The Morgan fingerprint density at radius 1 is 1.30 bits per heavy atom. The first-order chi connectivity index (χ1) is 15.8. The van der Waals surface area contributed by atoms with Gasteiger partial charge in [0.15, 0.2) is 0 Å². The first-order valence-electron chi connectivity index (χ1n) is 10.9. The van der Waals surface area contributed by atoms with Gasteiger partial charge in [0.05, 0.1) is 17.4 Å². The molecule has 3 aromatic rings. The number of nitrogens with zero attached hydrogens (tertiary/aromatic N) is 4. The van der Waals surface area contributed by atoms with Gasteiger partial charge in [0.1, 0.15) is 17.0 Å². The highest BCUT2D eigenvalue weighted by Gasteiger charge is 2.34. The number of ether oxygens (including phenoxy) is 1. The number of rotatable bonds is 7. The third kappa shape index (κ3) is 5.21. The lowest BCUT2D eigenvalue weighted by Crippen LogP contribution is -2.28. The Hall–Kier alpha value is -2.88. The lowest BCUT2D eigenvalue weighted by Gasteiger charge is -2.28. The van der Waals surface area contributed by atoms with E-state index in [0.717, 1.165) is 21.3 Å². The van der Waals surface area contributed by atoms with Crippen LogP contribution in [0.2, 0.25) is 0 Å². The molecule has 3 aromatic heterocycles. The highest BCUT2D eigenvalue weighted by Crippen LogP contribution is 2.37. The second-order valence-corrected chi connectivity index (χ2v) is 9.51. The minimum atomic E-state index is -2.54. The number of halogens is 2. The van der Waals surface area contributed by atoms with Crippen molar-refractivity contribution < 1.29 is 18.3 Å². The summed E-state index contributed by atoms with van der Waals surface area (Å²) >= 11 is 1.34. The summed E-state index contributed by atoms with van der Waals surface area (Å²) in [5, 5.41) is 4.14. The van der Waals surface area contributed by atoms with E-state index >= 15 is 0 Å².